The van der Waals surface area contributed by atoms with Crippen LogP contribution >= 0.6 is 22.7 Å². The Morgan fingerprint density at radius 2 is 2.00 bits per heavy atom. The van der Waals surface area contributed by atoms with Gasteiger partial charge in [0, 0.05) is 5.38 Å². The van der Waals surface area contributed by atoms with Crippen LogP contribution in [0.2, 0.25) is 0 Å². The molecule has 0 aliphatic rings. The van der Waals surface area contributed by atoms with E-state index in [4.69, 9.17) is 4.74 Å². The average Bonchev–Trinajstić information content (AvgIpc) is 3.33. The number of carbonyl (C=O) groups is 2. The summed E-state index contributed by atoms with van der Waals surface area (Å²) < 4.78 is 18.8. The lowest BCUT2D eigenvalue weighted by atomic mass is 10.3. The van der Waals surface area contributed by atoms with Crippen molar-refractivity contribution >= 4 is 34.5 Å². The quantitative estimate of drug-likeness (QED) is 0.618. The molecule has 9 heteroatoms. The molecule has 2 N–H and O–H groups in total. The van der Waals surface area contributed by atoms with E-state index in [1.807, 2.05) is 17.5 Å². The van der Waals surface area contributed by atoms with Crippen molar-refractivity contribution in [3.63, 3.8) is 0 Å². The van der Waals surface area contributed by atoms with E-state index in [1.54, 1.807) is 22.8 Å². The molecule has 2 heterocycles. The Balaban J connectivity index is 1.47. The third-order valence-electron chi connectivity index (χ3n) is 3.46. The van der Waals surface area contributed by atoms with Crippen molar-refractivity contribution in [1.82, 2.24) is 15.8 Å². The van der Waals surface area contributed by atoms with E-state index < -0.39 is 23.7 Å². The highest BCUT2D eigenvalue weighted by Gasteiger charge is 2.17. The summed E-state index contributed by atoms with van der Waals surface area (Å²) in [5.74, 6) is -1.60. The number of benzene rings is 1. The summed E-state index contributed by atoms with van der Waals surface area (Å²) >= 11 is 3.03. The molecule has 0 radical (unpaired) electrons. The minimum atomic E-state index is -0.980. The number of halogens is 1. The first kappa shape index (κ1) is 19.0. The average molecular weight is 405 g/mol. The van der Waals surface area contributed by atoms with Crippen molar-refractivity contribution in [2.24, 2.45) is 0 Å². The van der Waals surface area contributed by atoms with Crippen LogP contribution in [0.5, 0.6) is 5.75 Å². The molecule has 27 heavy (non-hydrogen) atoms. The lowest BCUT2D eigenvalue weighted by Gasteiger charge is -2.15. The van der Waals surface area contributed by atoms with Gasteiger partial charge < -0.3 is 4.74 Å². The molecule has 0 aliphatic carbocycles. The van der Waals surface area contributed by atoms with Gasteiger partial charge in [-0.05, 0) is 30.5 Å². The Labute approximate surface area is 163 Å². The maximum absolute atomic E-state index is 13.5. The van der Waals surface area contributed by atoms with Crippen LogP contribution in [0.4, 0.5) is 4.39 Å². The zero-order valence-corrected chi connectivity index (χ0v) is 15.9. The van der Waals surface area contributed by atoms with E-state index in [0.29, 0.717) is 5.69 Å². The molecule has 0 bridgehead atoms. The van der Waals surface area contributed by atoms with Crippen LogP contribution in [0, 0.1) is 5.82 Å². The minimum Gasteiger partial charge on any atom is -0.478 e. The summed E-state index contributed by atoms with van der Waals surface area (Å²) in [5.41, 5.74) is 5.20. The van der Waals surface area contributed by atoms with Gasteiger partial charge in [-0.15, -0.1) is 22.7 Å². The van der Waals surface area contributed by atoms with Gasteiger partial charge >= 0.3 is 0 Å². The Kier molecular flexibility index (Phi) is 6.15. The Morgan fingerprint density at radius 1 is 1.19 bits per heavy atom. The van der Waals surface area contributed by atoms with E-state index in [1.165, 1.54) is 36.5 Å². The number of thiophene rings is 1. The largest absolute Gasteiger partial charge is 0.478 e. The smallest absolute Gasteiger partial charge is 0.279 e. The highest BCUT2D eigenvalue weighted by atomic mass is 32.1. The van der Waals surface area contributed by atoms with Crippen molar-refractivity contribution in [2.45, 2.75) is 19.4 Å². The molecule has 0 saturated heterocycles. The molecule has 1 unspecified atom stereocenters. The standard InChI is InChI=1S/C18H16FN3O3S2/c1-11(25-14-6-3-2-5-13(14)19)17(24)22-21-16(23)9-12-10-27-18(20-12)15-7-4-8-26-15/h2-8,10-11H,9H2,1H3,(H,21,23)(H,22,24). The molecule has 1 aromatic carbocycles. The van der Waals surface area contributed by atoms with Gasteiger partial charge in [-0.3, -0.25) is 20.4 Å². The molecular formula is C18H16FN3O3S2. The van der Waals surface area contributed by atoms with Crippen molar-refractivity contribution in [2.75, 3.05) is 0 Å². The number of amides is 2. The van der Waals surface area contributed by atoms with Crippen molar-refractivity contribution < 1.29 is 18.7 Å². The fourth-order valence-electron chi connectivity index (χ4n) is 2.13. The summed E-state index contributed by atoms with van der Waals surface area (Å²) in [6.45, 7) is 1.46. The van der Waals surface area contributed by atoms with E-state index in [-0.39, 0.29) is 12.2 Å². The monoisotopic (exact) mass is 405 g/mol. The molecule has 140 valence electrons. The zero-order chi connectivity index (χ0) is 19.2. The van der Waals surface area contributed by atoms with Gasteiger partial charge in [0.05, 0.1) is 17.0 Å². The number of aromatic nitrogens is 1. The molecule has 3 aromatic rings. The van der Waals surface area contributed by atoms with E-state index in [2.05, 4.69) is 15.8 Å². The molecule has 2 aromatic heterocycles. The van der Waals surface area contributed by atoms with E-state index >= 15 is 0 Å². The van der Waals surface area contributed by atoms with Crippen molar-refractivity contribution in [1.29, 1.82) is 0 Å². The number of para-hydroxylation sites is 1. The number of nitrogens with one attached hydrogen (secondary N) is 2. The minimum absolute atomic E-state index is 0.0324. The molecule has 0 fully saturated rings. The topological polar surface area (TPSA) is 80.3 Å². The van der Waals surface area contributed by atoms with E-state index in [9.17, 15) is 14.0 Å². The van der Waals surface area contributed by atoms with Gasteiger partial charge in [0.1, 0.15) is 5.01 Å². The van der Waals surface area contributed by atoms with Crippen molar-refractivity contribution in [3.8, 4) is 15.6 Å². The molecule has 3 rings (SSSR count). The van der Waals surface area contributed by atoms with Crippen LogP contribution in [0.3, 0.4) is 0 Å². The van der Waals surface area contributed by atoms with Gasteiger partial charge in [0.2, 0.25) is 5.91 Å². The number of hydrazine groups is 1. The number of ether oxygens (including phenoxy) is 1. The van der Waals surface area contributed by atoms with E-state index in [0.717, 1.165) is 9.88 Å². The number of nitrogens with zero attached hydrogens (tertiary/aromatic N) is 1. The second-order valence-corrected chi connectivity index (χ2v) is 7.33. The molecule has 6 nitrogen and oxygen atoms in total. The Hall–Kier alpha value is -2.78. The second-order valence-electron chi connectivity index (χ2n) is 5.53. The first-order chi connectivity index (χ1) is 13.0. The van der Waals surface area contributed by atoms with Gasteiger partial charge in [0.25, 0.3) is 5.91 Å². The van der Waals surface area contributed by atoms with Crippen LogP contribution in [-0.2, 0) is 16.0 Å². The normalized spacial score (nSPS) is 11.6. The summed E-state index contributed by atoms with van der Waals surface area (Å²) in [4.78, 5) is 29.4. The van der Waals surface area contributed by atoms with Crippen molar-refractivity contribution in [3.05, 3.63) is 58.7 Å². The maximum Gasteiger partial charge on any atom is 0.279 e. The molecule has 1 atom stereocenters. The Morgan fingerprint density at radius 3 is 2.74 bits per heavy atom. The number of hydrogen-bond donors (Lipinski definition) is 2. The lowest BCUT2D eigenvalue weighted by molar-refractivity contribution is -0.132. The van der Waals surface area contributed by atoms with Crippen LogP contribution in [-0.4, -0.2) is 22.9 Å². The summed E-state index contributed by atoms with van der Waals surface area (Å²) in [6.07, 6.45) is -0.947. The zero-order valence-electron chi connectivity index (χ0n) is 14.3. The summed E-state index contributed by atoms with van der Waals surface area (Å²) in [6, 6.07) is 9.68. The first-order valence-electron chi connectivity index (χ1n) is 8.01. The molecular weight excluding hydrogens is 389 g/mol. The SMILES string of the molecule is CC(Oc1ccccc1F)C(=O)NNC(=O)Cc1csc(-c2cccs2)n1. The summed E-state index contributed by atoms with van der Waals surface area (Å²) in [7, 11) is 0. The van der Waals surface area contributed by atoms with Gasteiger partial charge in [-0.2, -0.15) is 0 Å². The maximum atomic E-state index is 13.5. The third kappa shape index (κ3) is 5.11. The van der Waals surface area contributed by atoms with Gasteiger partial charge in [0.15, 0.2) is 17.7 Å². The molecule has 0 spiro atoms. The van der Waals surface area contributed by atoms with Crippen LogP contribution in [0.1, 0.15) is 12.6 Å². The van der Waals surface area contributed by atoms with Crippen LogP contribution in [0.25, 0.3) is 9.88 Å². The number of carbonyl (C=O) groups excluding carboxylic acids is 2. The van der Waals surface area contributed by atoms with Crippen LogP contribution < -0.4 is 15.6 Å². The molecule has 0 saturated carbocycles. The number of thiazole rings is 1. The predicted octanol–water partition coefficient (Wildman–Crippen LogP) is 3.17. The first-order valence-corrected chi connectivity index (χ1v) is 9.77. The predicted molar refractivity (Wildman–Crippen MR) is 102 cm³/mol. The number of rotatable bonds is 6. The third-order valence-corrected chi connectivity index (χ3v) is 5.39. The highest BCUT2D eigenvalue weighted by Crippen LogP contribution is 2.27. The molecule has 0 aliphatic heterocycles. The fraction of sp³-hybridized carbons (Fsp3) is 0.167. The second kappa shape index (κ2) is 8.74. The number of hydrogen-bond acceptors (Lipinski definition) is 6. The van der Waals surface area contributed by atoms with Crippen LogP contribution in [0.15, 0.2) is 47.2 Å². The van der Waals surface area contributed by atoms with Gasteiger partial charge in [-0.25, -0.2) is 9.37 Å². The molecule has 2 amide bonds. The highest BCUT2D eigenvalue weighted by molar-refractivity contribution is 7.20. The lowest BCUT2D eigenvalue weighted by Crippen LogP contribution is -2.47. The Bertz CT molecular complexity index is 928. The fourth-order valence-corrected chi connectivity index (χ4v) is 3.76. The van der Waals surface area contributed by atoms with Gasteiger partial charge in [-0.1, -0.05) is 18.2 Å². The summed E-state index contributed by atoms with van der Waals surface area (Å²) in [5, 5.41) is 4.62.